The maximum absolute atomic E-state index is 14.0. The van der Waals surface area contributed by atoms with Crippen LogP contribution in [0.25, 0.3) is 10.8 Å². The van der Waals surface area contributed by atoms with E-state index in [1.807, 2.05) is 49.4 Å². The van der Waals surface area contributed by atoms with Gasteiger partial charge in [-0.15, -0.1) is 0 Å². The van der Waals surface area contributed by atoms with E-state index >= 15 is 0 Å². The van der Waals surface area contributed by atoms with Gasteiger partial charge in [0.1, 0.15) is 5.75 Å². The number of aromatic nitrogens is 1. The number of benzene rings is 3. The van der Waals surface area contributed by atoms with Gasteiger partial charge >= 0.3 is 0 Å². The molecular formula is C32H34N4O6S. The maximum atomic E-state index is 14.0. The van der Waals surface area contributed by atoms with Crippen molar-refractivity contribution in [2.75, 3.05) is 34.4 Å². The van der Waals surface area contributed by atoms with Crippen LogP contribution in [-0.4, -0.2) is 68.8 Å². The normalized spacial score (nSPS) is 15.0. The van der Waals surface area contributed by atoms with Crippen molar-refractivity contribution >= 4 is 32.4 Å². The van der Waals surface area contributed by atoms with Crippen LogP contribution >= 0.6 is 0 Å². The number of amides is 1. The zero-order valence-electron chi connectivity index (χ0n) is 24.6. The monoisotopic (exact) mass is 602 g/mol. The first-order valence-corrected chi connectivity index (χ1v) is 15.3. The van der Waals surface area contributed by atoms with Gasteiger partial charge in [-0.1, -0.05) is 25.1 Å². The lowest BCUT2D eigenvalue weighted by molar-refractivity contribution is -0.133. The van der Waals surface area contributed by atoms with Crippen molar-refractivity contribution in [3.8, 4) is 17.2 Å². The molecule has 4 aromatic rings. The van der Waals surface area contributed by atoms with Gasteiger partial charge in [0.2, 0.25) is 10.0 Å². The minimum absolute atomic E-state index is 0.133. The van der Waals surface area contributed by atoms with E-state index < -0.39 is 22.0 Å². The second kappa shape index (κ2) is 12.8. The van der Waals surface area contributed by atoms with Gasteiger partial charge in [-0.05, 0) is 66.1 Å². The molecule has 5 rings (SSSR count). The predicted molar refractivity (Wildman–Crippen MR) is 164 cm³/mol. The SMILES string of the molecule is CCCN(CC(=O)N1N=C(c2ccc(OC)cc2)CC1c1ccc(OC)c(OC)c1)S(=O)(=O)c1cccc2cnccc12. The van der Waals surface area contributed by atoms with Gasteiger partial charge in [-0.25, -0.2) is 13.4 Å². The number of rotatable bonds is 11. The zero-order valence-corrected chi connectivity index (χ0v) is 25.4. The van der Waals surface area contributed by atoms with E-state index in [4.69, 9.17) is 19.3 Å². The highest BCUT2D eigenvalue weighted by atomic mass is 32.2. The van der Waals surface area contributed by atoms with Crippen molar-refractivity contribution in [2.24, 2.45) is 5.10 Å². The van der Waals surface area contributed by atoms with Gasteiger partial charge in [0, 0.05) is 36.1 Å². The van der Waals surface area contributed by atoms with E-state index in [2.05, 4.69) is 4.98 Å². The molecule has 224 valence electrons. The molecule has 0 aliphatic carbocycles. The summed E-state index contributed by atoms with van der Waals surface area (Å²) in [7, 11) is 0.677. The van der Waals surface area contributed by atoms with Gasteiger partial charge in [-0.2, -0.15) is 9.41 Å². The number of pyridine rings is 1. The topological polar surface area (TPSA) is 111 Å². The minimum Gasteiger partial charge on any atom is -0.497 e. The minimum atomic E-state index is -4.03. The van der Waals surface area contributed by atoms with Crippen LogP contribution in [0, 0.1) is 0 Å². The molecule has 0 saturated heterocycles. The van der Waals surface area contributed by atoms with E-state index in [-0.39, 0.29) is 18.0 Å². The van der Waals surface area contributed by atoms with Gasteiger partial charge in [-0.3, -0.25) is 9.78 Å². The van der Waals surface area contributed by atoms with E-state index in [9.17, 15) is 13.2 Å². The first kappa shape index (κ1) is 30.0. The van der Waals surface area contributed by atoms with Crippen molar-refractivity contribution in [3.63, 3.8) is 0 Å². The second-order valence-electron chi connectivity index (χ2n) is 10.0. The van der Waals surface area contributed by atoms with Gasteiger partial charge in [0.25, 0.3) is 5.91 Å². The average molecular weight is 603 g/mol. The summed E-state index contributed by atoms with van der Waals surface area (Å²) >= 11 is 0. The van der Waals surface area contributed by atoms with E-state index in [0.29, 0.717) is 46.6 Å². The zero-order chi connectivity index (χ0) is 30.6. The van der Waals surface area contributed by atoms with Gasteiger partial charge in [0.05, 0.1) is 44.5 Å². The molecule has 0 saturated carbocycles. The average Bonchev–Trinajstić information content (AvgIpc) is 3.49. The number of hydrogen-bond donors (Lipinski definition) is 0. The Morgan fingerprint density at radius 1 is 0.977 bits per heavy atom. The molecule has 2 heterocycles. The molecule has 43 heavy (non-hydrogen) atoms. The van der Waals surface area contributed by atoms with Crippen LogP contribution < -0.4 is 14.2 Å². The third kappa shape index (κ3) is 6.04. The number of ether oxygens (including phenoxy) is 3. The molecule has 3 aromatic carbocycles. The largest absolute Gasteiger partial charge is 0.497 e. The lowest BCUT2D eigenvalue weighted by Crippen LogP contribution is -2.41. The summed E-state index contributed by atoms with van der Waals surface area (Å²) < 4.78 is 45.4. The fraction of sp³-hybridized carbons (Fsp3) is 0.281. The molecule has 10 nitrogen and oxygen atoms in total. The molecule has 1 aromatic heterocycles. The lowest BCUT2D eigenvalue weighted by Gasteiger charge is -2.27. The fourth-order valence-electron chi connectivity index (χ4n) is 5.23. The molecule has 0 bridgehead atoms. The van der Waals surface area contributed by atoms with Crippen LogP contribution in [-0.2, 0) is 14.8 Å². The number of carbonyl (C=O) groups excluding carboxylic acids is 1. The van der Waals surface area contributed by atoms with Crippen LogP contribution in [0.2, 0.25) is 0 Å². The molecule has 0 N–H and O–H groups in total. The maximum Gasteiger partial charge on any atom is 0.258 e. The van der Waals surface area contributed by atoms with Crippen molar-refractivity contribution in [2.45, 2.75) is 30.7 Å². The molecule has 11 heteroatoms. The Kier molecular flexibility index (Phi) is 8.93. The standard InChI is InChI=1S/C32H34N4O6S/c1-5-17-35(43(38,39)31-8-6-7-24-20-33-16-15-26(24)31)21-32(37)36-28(23-11-14-29(41-3)30(18-23)42-4)19-27(34-36)22-9-12-25(40-2)13-10-22/h6-16,18,20,28H,5,17,19,21H2,1-4H3. The van der Waals surface area contributed by atoms with Gasteiger partial charge in [0.15, 0.2) is 11.5 Å². The highest BCUT2D eigenvalue weighted by Crippen LogP contribution is 2.38. The molecule has 1 atom stereocenters. The lowest BCUT2D eigenvalue weighted by atomic mass is 9.98. The molecule has 1 amide bonds. The van der Waals surface area contributed by atoms with Crippen LogP contribution in [0.5, 0.6) is 17.2 Å². The molecule has 1 aliphatic heterocycles. The summed E-state index contributed by atoms with van der Waals surface area (Å²) in [6.07, 6.45) is 4.13. The predicted octanol–water partition coefficient (Wildman–Crippen LogP) is 5.04. The van der Waals surface area contributed by atoms with Gasteiger partial charge < -0.3 is 14.2 Å². The van der Waals surface area contributed by atoms with E-state index in [0.717, 1.165) is 11.1 Å². The van der Waals surface area contributed by atoms with E-state index in [1.54, 1.807) is 58.0 Å². The number of nitrogens with zero attached hydrogens (tertiary/aromatic N) is 4. The molecule has 1 aliphatic rings. The van der Waals surface area contributed by atoms with Crippen LogP contribution in [0.4, 0.5) is 0 Å². The number of carbonyl (C=O) groups is 1. The number of hydrazone groups is 1. The molecule has 0 fully saturated rings. The van der Waals surface area contributed by atoms with Crippen molar-refractivity contribution in [1.29, 1.82) is 0 Å². The van der Waals surface area contributed by atoms with Crippen LogP contribution in [0.3, 0.4) is 0 Å². The summed E-state index contributed by atoms with van der Waals surface area (Å²) in [5.41, 5.74) is 2.32. The fourth-order valence-corrected chi connectivity index (χ4v) is 6.93. The van der Waals surface area contributed by atoms with Crippen molar-refractivity contribution in [1.82, 2.24) is 14.3 Å². The summed E-state index contributed by atoms with van der Waals surface area (Å²) in [6, 6.07) is 19.2. The number of sulfonamides is 1. The number of hydrogen-bond acceptors (Lipinski definition) is 8. The molecule has 0 spiro atoms. The van der Waals surface area contributed by atoms with Crippen LogP contribution in [0.1, 0.15) is 36.9 Å². The number of fused-ring (bicyclic) bond motifs is 1. The van der Waals surface area contributed by atoms with E-state index in [1.165, 1.54) is 9.31 Å². The molecular weight excluding hydrogens is 568 g/mol. The summed E-state index contributed by atoms with van der Waals surface area (Å²) in [4.78, 5) is 18.3. The summed E-state index contributed by atoms with van der Waals surface area (Å²) in [6.45, 7) is 1.67. The third-order valence-electron chi connectivity index (χ3n) is 7.42. The first-order chi connectivity index (χ1) is 20.8. The third-order valence-corrected chi connectivity index (χ3v) is 9.33. The molecule has 1 unspecified atom stereocenters. The number of methoxy groups -OCH3 is 3. The highest BCUT2D eigenvalue weighted by molar-refractivity contribution is 7.89. The van der Waals surface area contributed by atoms with Crippen molar-refractivity contribution in [3.05, 3.63) is 90.3 Å². The second-order valence-corrected chi connectivity index (χ2v) is 11.9. The summed E-state index contributed by atoms with van der Waals surface area (Å²) in [5, 5.41) is 7.39. The first-order valence-electron chi connectivity index (χ1n) is 13.9. The Bertz CT molecular complexity index is 1750. The Hall–Kier alpha value is -4.48. The highest BCUT2D eigenvalue weighted by Gasteiger charge is 2.36. The van der Waals surface area contributed by atoms with Crippen LogP contribution in [0.15, 0.2) is 89.1 Å². The molecule has 0 radical (unpaired) electrons. The Balaban J connectivity index is 1.51. The Labute approximate surface area is 251 Å². The quantitative estimate of drug-likeness (QED) is 0.237. The Morgan fingerprint density at radius 3 is 2.44 bits per heavy atom. The Morgan fingerprint density at radius 2 is 1.74 bits per heavy atom. The smallest absolute Gasteiger partial charge is 0.258 e. The summed E-state index contributed by atoms with van der Waals surface area (Å²) in [5.74, 6) is 1.34. The van der Waals surface area contributed by atoms with Crippen molar-refractivity contribution < 1.29 is 27.4 Å².